The first-order valence-corrected chi connectivity index (χ1v) is 5.67. The molecule has 15 heavy (non-hydrogen) atoms. The number of nitrogens with one attached hydrogen (secondary N) is 1. The van der Waals surface area contributed by atoms with Gasteiger partial charge in [-0.25, -0.2) is 4.98 Å². The van der Waals surface area contributed by atoms with Gasteiger partial charge in [0.25, 0.3) is 0 Å². The molecule has 82 valence electrons. The van der Waals surface area contributed by atoms with Crippen molar-refractivity contribution < 1.29 is 0 Å². The highest BCUT2D eigenvalue weighted by molar-refractivity contribution is 5.41. The molecule has 3 nitrogen and oxygen atoms in total. The van der Waals surface area contributed by atoms with Crippen LogP contribution in [-0.4, -0.2) is 24.6 Å². The van der Waals surface area contributed by atoms with Crippen LogP contribution >= 0.6 is 0 Å². The molecule has 1 aliphatic rings. The Morgan fingerprint density at radius 1 is 1.53 bits per heavy atom. The van der Waals surface area contributed by atoms with Crippen molar-refractivity contribution in [2.24, 2.45) is 0 Å². The van der Waals surface area contributed by atoms with Gasteiger partial charge in [-0.3, -0.25) is 0 Å². The molecule has 1 saturated heterocycles. The van der Waals surface area contributed by atoms with Crippen LogP contribution in [0.15, 0.2) is 18.3 Å². The summed E-state index contributed by atoms with van der Waals surface area (Å²) in [4.78, 5) is 6.91. The molecule has 0 bridgehead atoms. The number of aromatic nitrogens is 1. The Kier molecular flexibility index (Phi) is 3.21. The first kappa shape index (κ1) is 10.4. The van der Waals surface area contributed by atoms with Gasteiger partial charge in [-0.15, -0.1) is 0 Å². The highest BCUT2D eigenvalue weighted by atomic mass is 15.2. The predicted octanol–water partition coefficient (Wildman–Crippen LogP) is 1.79. The number of pyridine rings is 1. The summed E-state index contributed by atoms with van der Waals surface area (Å²) in [7, 11) is 1.95. The molecule has 1 fully saturated rings. The zero-order valence-electron chi connectivity index (χ0n) is 9.53. The van der Waals surface area contributed by atoms with Crippen LogP contribution in [0.4, 0.5) is 5.82 Å². The molecule has 1 aromatic rings. The van der Waals surface area contributed by atoms with Crippen molar-refractivity contribution in [2.75, 3.05) is 18.5 Å². The molecular weight excluding hydrogens is 186 g/mol. The summed E-state index contributed by atoms with van der Waals surface area (Å²) >= 11 is 0. The van der Waals surface area contributed by atoms with Crippen molar-refractivity contribution in [1.29, 1.82) is 0 Å². The molecule has 1 atom stereocenters. The van der Waals surface area contributed by atoms with Crippen molar-refractivity contribution in [3.05, 3.63) is 23.9 Å². The number of hydrogen-bond acceptors (Lipinski definition) is 3. The maximum absolute atomic E-state index is 4.52. The van der Waals surface area contributed by atoms with E-state index in [1.807, 2.05) is 13.2 Å². The summed E-state index contributed by atoms with van der Waals surface area (Å²) in [5, 5.41) is 3.13. The minimum absolute atomic E-state index is 0.646. The quantitative estimate of drug-likeness (QED) is 0.815. The lowest BCUT2D eigenvalue weighted by molar-refractivity contribution is 0.725. The second kappa shape index (κ2) is 4.62. The standard InChI is InChI=1S/C12H19N3/c1-10-4-3-7-15(10)12-6-5-11(8-13-2)9-14-12/h5-6,9-10,13H,3-4,7-8H2,1-2H3. The Morgan fingerprint density at radius 3 is 2.93 bits per heavy atom. The van der Waals surface area contributed by atoms with Crippen LogP contribution in [0, 0.1) is 0 Å². The fourth-order valence-electron chi connectivity index (χ4n) is 2.17. The highest BCUT2D eigenvalue weighted by Gasteiger charge is 2.20. The molecule has 0 aliphatic carbocycles. The van der Waals surface area contributed by atoms with Gasteiger partial charge in [0, 0.05) is 25.3 Å². The molecule has 2 heterocycles. The van der Waals surface area contributed by atoms with Gasteiger partial charge in [0.05, 0.1) is 0 Å². The van der Waals surface area contributed by atoms with E-state index in [4.69, 9.17) is 0 Å². The van der Waals surface area contributed by atoms with Gasteiger partial charge in [0.1, 0.15) is 5.82 Å². The fraction of sp³-hybridized carbons (Fsp3) is 0.583. The van der Waals surface area contributed by atoms with Crippen LogP contribution < -0.4 is 10.2 Å². The summed E-state index contributed by atoms with van der Waals surface area (Å²) in [6, 6.07) is 4.94. The number of hydrogen-bond donors (Lipinski definition) is 1. The third kappa shape index (κ3) is 2.29. The molecule has 1 aromatic heterocycles. The monoisotopic (exact) mass is 205 g/mol. The Bertz CT molecular complexity index is 307. The fourth-order valence-corrected chi connectivity index (χ4v) is 2.17. The predicted molar refractivity (Wildman–Crippen MR) is 63.0 cm³/mol. The van der Waals surface area contributed by atoms with Gasteiger partial charge in [0.2, 0.25) is 0 Å². The van der Waals surface area contributed by atoms with Crippen molar-refractivity contribution in [3.63, 3.8) is 0 Å². The maximum atomic E-state index is 4.52. The lowest BCUT2D eigenvalue weighted by Crippen LogP contribution is -2.27. The topological polar surface area (TPSA) is 28.2 Å². The van der Waals surface area contributed by atoms with E-state index in [1.54, 1.807) is 0 Å². The van der Waals surface area contributed by atoms with Crippen molar-refractivity contribution in [1.82, 2.24) is 10.3 Å². The normalized spacial score (nSPS) is 20.9. The van der Waals surface area contributed by atoms with Crippen LogP contribution in [-0.2, 0) is 6.54 Å². The van der Waals surface area contributed by atoms with E-state index >= 15 is 0 Å². The largest absolute Gasteiger partial charge is 0.354 e. The molecule has 0 amide bonds. The summed E-state index contributed by atoms with van der Waals surface area (Å²) in [5.74, 6) is 1.12. The van der Waals surface area contributed by atoms with Crippen molar-refractivity contribution in [2.45, 2.75) is 32.4 Å². The van der Waals surface area contributed by atoms with Crippen molar-refractivity contribution in [3.8, 4) is 0 Å². The third-order valence-electron chi connectivity index (χ3n) is 3.04. The van der Waals surface area contributed by atoms with Crippen LogP contribution in [0.1, 0.15) is 25.3 Å². The molecular formula is C12H19N3. The molecule has 0 aromatic carbocycles. The maximum Gasteiger partial charge on any atom is 0.128 e. The SMILES string of the molecule is CNCc1ccc(N2CCCC2C)nc1. The molecule has 0 radical (unpaired) electrons. The summed E-state index contributed by atoms with van der Waals surface area (Å²) in [5.41, 5.74) is 1.24. The second-order valence-corrected chi connectivity index (χ2v) is 4.24. The Balaban J connectivity index is 2.09. The summed E-state index contributed by atoms with van der Waals surface area (Å²) in [6.07, 6.45) is 4.55. The first-order chi connectivity index (χ1) is 7.31. The molecule has 0 saturated carbocycles. The Labute approximate surface area is 91.5 Å². The van der Waals surface area contributed by atoms with E-state index in [0.29, 0.717) is 6.04 Å². The van der Waals surface area contributed by atoms with E-state index in [2.05, 4.69) is 34.3 Å². The van der Waals surface area contributed by atoms with Gasteiger partial charge >= 0.3 is 0 Å². The average Bonchev–Trinajstić information content (AvgIpc) is 2.66. The van der Waals surface area contributed by atoms with Gasteiger partial charge in [0.15, 0.2) is 0 Å². The van der Waals surface area contributed by atoms with E-state index in [0.717, 1.165) is 18.9 Å². The molecule has 1 aliphatic heterocycles. The number of anilines is 1. The number of rotatable bonds is 3. The van der Waals surface area contributed by atoms with Gasteiger partial charge in [-0.1, -0.05) is 6.07 Å². The van der Waals surface area contributed by atoms with Crippen molar-refractivity contribution >= 4 is 5.82 Å². The van der Waals surface area contributed by atoms with Crippen LogP contribution in [0.3, 0.4) is 0 Å². The lowest BCUT2D eigenvalue weighted by atomic mass is 10.2. The second-order valence-electron chi connectivity index (χ2n) is 4.24. The van der Waals surface area contributed by atoms with Crippen LogP contribution in [0.2, 0.25) is 0 Å². The molecule has 1 unspecified atom stereocenters. The Hall–Kier alpha value is -1.09. The van der Waals surface area contributed by atoms with Gasteiger partial charge in [-0.2, -0.15) is 0 Å². The molecule has 1 N–H and O–H groups in total. The van der Waals surface area contributed by atoms with E-state index in [-0.39, 0.29) is 0 Å². The van der Waals surface area contributed by atoms with E-state index in [9.17, 15) is 0 Å². The summed E-state index contributed by atoms with van der Waals surface area (Å²) < 4.78 is 0. The Morgan fingerprint density at radius 2 is 2.40 bits per heavy atom. The summed E-state index contributed by atoms with van der Waals surface area (Å²) in [6.45, 7) is 4.32. The zero-order valence-corrected chi connectivity index (χ0v) is 9.53. The number of nitrogens with zero attached hydrogens (tertiary/aromatic N) is 2. The minimum atomic E-state index is 0.646. The van der Waals surface area contributed by atoms with E-state index in [1.165, 1.54) is 18.4 Å². The average molecular weight is 205 g/mol. The first-order valence-electron chi connectivity index (χ1n) is 5.67. The smallest absolute Gasteiger partial charge is 0.128 e. The van der Waals surface area contributed by atoms with Crippen LogP contribution in [0.25, 0.3) is 0 Å². The van der Waals surface area contributed by atoms with E-state index < -0.39 is 0 Å². The lowest BCUT2D eigenvalue weighted by Gasteiger charge is -2.22. The zero-order chi connectivity index (χ0) is 10.7. The minimum Gasteiger partial charge on any atom is -0.354 e. The van der Waals surface area contributed by atoms with Gasteiger partial charge < -0.3 is 10.2 Å². The highest BCUT2D eigenvalue weighted by Crippen LogP contribution is 2.23. The van der Waals surface area contributed by atoms with Crippen LogP contribution in [0.5, 0.6) is 0 Å². The molecule has 2 rings (SSSR count). The third-order valence-corrected chi connectivity index (χ3v) is 3.04. The molecule has 0 spiro atoms. The molecule has 3 heteroatoms. The van der Waals surface area contributed by atoms with Gasteiger partial charge in [-0.05, 0) is 38.4 Å².